The Kier molecular flexibility index (Phi) is 13.6. The SMILES string of the molecule is CCCCCCCCCCCC(=O)NC=CCN. The molecule has 0 aliphatic carbocycles. The van der Waals surface area contributed by atoms with Gasteiger partial charge in [0.2, 0.25) is 5.91 Å². The van der Waals surface area contributed by atoms with E-state index in [2.05, 4.69) is 12.2 Å². The van der Waals surface area contributed by atoms with Crippen molar-refractivity contribution in [3.63, 3.8) is 0 Å². The third-order valence-corrected chi connectivity index (χ3v) is 3.01. The van der Waals surface area contributed by atoms with Gasteiger partial charge in [-0.2, -0.15) is 0 Å². The topological polar surface area (TPSA) is 55.1 Å². The van der Waals surface area contributed by atoms with Gasteiger partial charge in [0.25, 0.3) is 0 Å². The first kappa shape index (κ1) is 17.2. The van der Waals surface area contributed by atoms with Crippen LogP contribution in [0.15, 0.2) is 12.3 Å². The van der Waals surface area contributed by atoms with Crippen LogP contribution in [0, 0.1) is 0 Å². The summed E-state index contributed by atoms with van der Waals surface area (Å²) in [5.41, 5.74) is 5.28. The highest BCUT2D eigenvalue weighted by atomic mass is 16.1. The summed E-state index contributed by atoms with van der Waals surface area (Å²) in [5.74, 6) is 0.0997. The normalized spacial score (nSPS) is 11.0. The summed E-state index contributed by atoms with van der Waals surface area (Å²) in [4.78, 5) is 11.3. The Labute approximate surface area is 112 Å². The molecule has 0 aliphatic rings. The molecule has 0 atom stereocenters. The molecular formula is C15H30N2O. The molecule has 0 aromatic carbocycles. The van der Waals surface area contributed by atoms with Gasteiger partial charge in [-0.3, -0.25) is 4.79 Å². The zero-order valence-electron chi connectivity index (χ0n) is 11.9. The number of carbonyl (C=O) groups is 1. The van der Waals surface area contributed by atoms with E-state index in [-0.39, 0.29) is 5.91 Å². The average Bonchev–Trinajstić information content (AvgIpc) is 2.37. The van der Waals surface area contributed by atoms with E-state index in [4.69, 9.17) is 5.73 Å². The molecular weight excluding hydrogens is 224 g/mol. The number of carbonyl (C=O) groups excluding carboxylic acids is 1. The van der Waals surface area contributed by atoms with Crippen molar-refractivity contribution in [1.29, 1.82) is 0 Å². The van der Waals surface area contributed by atoms with Crippen LogP contribution in [0.3, 0.4) is 0 Å². The number of unbranched alkanes of at least 4 members (excludes halogenated alkanes) is 8. The van der Waals surface area contributed by atoms with Gasteiger partial charge in [0, 0.05) is 19.2 Å². The Morgan fingerprint density at radius 1 is 1.00 bits per heavy atom. The van der Waals surface area contributed by atoms with Crippen molar-refractivity contribution in [2.45, 2.75) is 71.1 Å². The van der Waals surface area contributed by atoms with Gasteiger partial charge in [-0.1, -0.05) is 64.4 Å². The lowest BCUT2D eigenvalue weighted by Gasteiger charge is -2.02. The summed E-state index contributed by atoms with van der Waals surface area (Å²) in [6.45, 7) is 2.71. The number of amides is 1. The minimum Gasteiger partial charge on any atom is -0.333 e. The van der Waals surface area contributed by atoms with E-state index in [0.29, 0.717) is 13.0 Å². The second-order valence-corrected chi connectivity index (χ2v) is 4.78. The van der Waals surface area contributed by atoms with Crippen molar-refractivity contribution < 1.29 is 4.79 Å². The summed E-state index contributed by atoms with van der Waals surface area (Å²) >= 11 is 0. The van der Waals surface area contributed by atoms with Crippen molar-refractivity contribution in [2.75, 3.05) is 6.54 Å². The first-order chi connectivity index (χ1) is 8.81. The molecule has 0 radical (unpaired) electrons. The second-order valence-electron chi connectivity index (χ2n) is 4.78. The average molecular weight is 254 g/mol. The van der Waals surface area contributed by atoms with Crippen LogP contribution in [0.5, 0.6) is 0 Å². The van der Waals surface area contributed by atoms with Gasteiger partial charge in [-0.15, -0.1) is 0 Å². The van der Waals surface area contributed by atoms with Gasteiger partial charge in [-0.25, -0.2) is 0 Å². The van der Waals surface area contributed by atoms with E-state index in [9.17, 15) is 4.79 Å². The maximum Gasteiger partial charge on any atom is 0.223 e. The van der Waals surface area contributed by atoms with Crippen LogP contribution >= 0.6 is 0 Å². The molecule has 0 saturated carbocycles. The Bertz CT molecular complexity index is 215. The van der Waals surface area contributed by atoms with Crippen LogP contribution in [-0.4, -0.2) is 12.5 Å². The molecule has 0 saturated heterocycles. The summed E-state index contributed by atoms with van der Waals surface area (Å²) in [5, 5.41) is 2.71. The van der Waals surface area contributed by atoms with Crippen LogP contribution in [-0.2, 0) is 4.79 Å². The molecule has 1 amide bonds. The lowest BCUT2D eigenvalue weighted by Crippen LogP contribution is -2.16. The summed E-state index contributed by atoms with van der Waals surface area (Å²) in [6.07, 6.45) is 15.5. The van der Waals surface area contributed by atoms with Crippen molar-refractivity contribution in [3.8, 4) is 0 Å². The van der Waals surface area contributed by atoms with Crippen LogP contribution in [0.2, 0.25) is 0 Å². The Morgan fingerprint density at radius 2 is 1.56 bits per heavy atom. The van der Waals surface area contributed by atoms with Gasteiger partial charge in [0.05, 0.1) is 0 Å². The van der Waals surface area contributed by atoms with E-state index in [1.165, 1.54) is 51.4 Å². The van der Waals surface area contributed by atoms with Gasteiger partial charge < -0.3 is 11.1 Å². The summed E-state index contributed by atoms with van der Waals surface area (Å²) < 4.78 is 0. The molecule has 0 rings (SSSR count). The van der Waals surface area contributed by atoms with Crippen LogP contribution in [0.4, 0.5) is 0 Å². The molecule has 106 valence electrons. The standard InChI is InChI=1S/C15H30N2O/c1-2-3-4-5-6-7-8-9-10-12-15(18)17-14-11-13-16/h11,14H,2-10,12-13,16H2,1H3,(H,17,18). The van der Waals surface area contributed by atoms with Crippen LogP contribution < -0.4 is 11.1 Å². The highest BCUT2D eigenvalue weighted by Gasteiger charge is 1.98. The van der Waals surface area contributed by atoms with Crippen LogP contribution in [0.25, 0.3) is 0 Å². The first-order valence-corrected chi connectivity index (χ1v) is 7.45. The third-order valence-electron chi connectivity index (χ3n) is 3.01. The number of nitrogens with one attached hydrogen (secondary N) is 1. The molecule has 0 aliphatic heterocycles. The Hall–Kier alpha value is -0.830. The number of nitrogens with two attached hydrogens (primary N) is 1. The second kappa shape index (κ2) is 14.2. The molecule has 3 heteroatoms. The number of hydrogen-bond acceptors (Lipinski definition) is 2. The monoisotopic (exact) mass is 254 g/mol. The highest BCUT2D eigenvalue weighted by molar-refractivity contribution is 5.76. The fourth-order valence-corrected chi connectivity index (χ4v) is 1.89. The highest BCUT2D eigenvalue weighted by Crippen LogP contribution is 2.10. The molecule has 0 fully saturated rings. The van der Waals surface area contributed by atoms with E-state index in [1.54, 1.807) is 12.3 Å². The summed E-state index contributed by atoms with van der Waals surface area (Å²) in [7, 11) is 0. The fraction of sp³-hybridized carbons (Fsp3) is 0.800. The molecule has 0 bridgehead atoms. The third kappa shape index (κ3) is 13.2. The van der Waals surface area contributed by atoms with E-state index in [1.807, 2.05) is 0 Å². The van der Waals surface area contributed by atoms with Gasteiger partial charge in [0.15, 0.2) is 0 Å². The van der Waals surface area contributed by atoms with E-state index in [0.717, 1.165) is 6.42 Å². The molecule has 0 spiro atoms. The fourth-order valence-electron chi connectivity index (χ4n) is 1.89. The molecule has 0 aromatic heterocycles. The first-order valence-electron chi connectivity index (χ1n) is 7.45. The Balaban J connectivity index is 3.15. The van der Waals surface area contributed by atoms with Crippen molar-refractivity contribution in [2.24, 2.45) is 5.73 Å². The quantitative estimate of drug-likeness (QED) is 0.524. The molecule has 0 heterocycles. The minimum absolute atomic E-state index is 0.0997. The molecule has 3 nitrogen and oxygen atoms in total. The van der Waals surface area contributed by atoms with E-state index < -0.39 is 0 Å². The minimum atomic E-state index is 0.0997. The molecule has 3 N–H and O–H groups in total. The lowest BCUT2D eigenvalue weighted by molar-refractivity contribution is -0.120. The smallest absolute Gasteiger partial charge is 0.223 e. The van der Waals surface area contributed by atoms with Crippen molar-refractivity contribution >= 4 is 5.91 Å². The lowest BCUT2D eigenvalue weighted by atomic mass is 10.1. The predicted octanol–water partition coefficient (Wildman–Crippen LogP) is 3.50. The zero-order chi connectivity index (χ0) is 13.5. The van der Waals surface area contributed by atoms with Crippen LogP contribution in [0.1, 0.15) is 71.1 Å². The molecule has 18 heavy (non-hydrogen) atoms. The maximum atomic E-state index is 11.3. The van der Waals surface area contributed by atoms with Gasteiger partial charge in [0.1, 0.15) is 0 Å². The van der Waals surface area contributed by atoms with Crippen molar-refractivity contribution in [3.05, 3.63) is 12.3 Å². The molecule has 0 aromatic rings. The Morgan fingerprint density at radius 3 is 2.11 bits per heavy atom. The van der Waals surface area contributed by atoms with Crippen molar-refractivity contribution in [1.82, 2.24) is 5.32 Å². The summed E-state index contributed by atoms with van der Waals surface area (Å²) in [6, 6.07) is 0. The largest absolute Gasteiger partial charge is 0.333 e. The van der Waals surface area contributed by atoms with Gasteiger partial charge >= 0.3 is 0 Å². The zero-order valence-corrected chi connectivity index (χ0v) is 11.9. The number of rotatable bonds is 12. The van der Waals surface area contributed by atoms with E-state index >= 15 is 0 Å². The predicted molar refractivity (Wildman–Crippen MR) is 78.2 cm³/mol. The number of hydrogen-bond donors (Lipinski definition) is 2. The molecule has 0 unspecified atom stereocenters. The van der Waals surface area contributed by atoms with Gasteiger partial charge in [-0.05, 0) is 6.42 Å². The maximum absolute atomic E-state index is 11.3.